The number of rotatable bonds is 5. The van der Waals surface area contributed by atoms with E-state index in [0.717, 1.165) is 5.56 Å². The molecule has 1 aromatic rings. The summed E-state index contributed by atoms with van der Waals surface area (Å²) in [5, 5.41) is 3.41. The topological polar surface area (TPSA) is 64.1 Å². The zero-order valence-electron chi connectivity index (χ0n) is 11.0. The van der Waals surface area contributed by atoms with E-state index < -0.39 is 6.04 Å². The van der Waals surface area contributed by atoms with Gasteiger partial charge in [0.15, 0.2) is 0 Å². The van der Waals surface area contributed by atoms with Gasteiger partial charge in [-0.15, -0.1) is 0 Å². The fraction of sp³-hybridized carbons (Fsp3) is 0.583. The second-order valence-electron chi connectivity index (χ2n) is 4.20. The van der Waals surface area contributed by atoms with Crippen LogP contribution < -0.4 is 5.32 Å². The first-order valence-electron chi connectivity index (χ1n) is 5.90. The Kier molecular flexibility index (Phi) is 5.34. The zero-order chi connectivity index (χ0) is 13.7. The molecule has 18 heavy (non-hydrogen) atoms. The number of nitrogens with zero attached hydrogens (tertiary/aromatic N) is 2. The number of esters is 1. The van der Waals surface area contributed by atoms with Crippen LogP contribution in [0.4, 0.5) is 5.82 Å². The van der Waals surface area contributed by atoms with Crippen molar-refractivity contribution in [3.05, 3.63) is 17.0 Å². The van der Waals surface area contributed by atoms with Crippen molar-refractivity contribution < 1.29 is 9.53 Å². The summed E-state index contributed by atoms with van der Waals surface area (Å²) in [4.78, 5) is 19.6. The number of nitrogens with one attached hydrogen (secondary N) is 1. The number of anilines is 1. The van der Waals surface area contributed by atoms with E-state index in [1.54, 1.807) is 13.8 Å². The van der Waals surface area contributed by atoms with E-state index in [9.17, 15) is 4.79 Å². The fourth-order valence-corrected chi connectivity index (χ4v) is 1.88. The SMILES string of the molecule is CCOC(=O)C(C)Nc1ncnc(Cl)c1C(C)C. The van der Waals surface area contributed by atoms with E-state index in [4.69, 9.17) is 16.3 Å². The Morgan fingerprint density at radius 3 is 2.67 bits per heavy atom. The molecular weight excluding hydrogens is 254 g/mol. The van der Waals surface area contributed by atoms with E-state index in [1.807, 2.05) is 13.8 Å². The van der Waals surface area contributed by atoms with E-state index in [-0.39, 0.29) is 11.9 Å². The van der Waals surface area contributed by atoms with Crippen LogP contribution in [0.3, 0.4) is 0 Å². The molecule has 0 amide bonds. The first-order valence-corrected chi connectivity index (χ1v) is 6.28. The third kappa shape index (κ3) is 3.57. The molecule has 1 heterocycles. The number of aromatic nitrogens is 2. The normalized spacial score (nSPS) is 12.3. The van der Waals surface area contributed by atoms with Crippen molar-refractivity contribution in [3.63, 3.8) is 0 Å². The Bertz CT molecular complexity index is 424. The second kappa shape index (κ2) is 6.54. The molecule has 0 fully saturated rings. The van der Waals surface area contributed by atoms with E-state index in [2.05, 4.69) is 15.3 Å². The van der Waals surface area contributed by atoms with Gasteiger partial charge >= 0.3 is 5.97 Å². The maximum atomic E-state index is 11.6. The van der Waals surface area contributed by atoms with Crippen LogP contribution in [0.15, 0.2) is 6.33 Å². The third-order valence-electron chi connectivity index (χ3n) is 2.41. The molecule has 0 aliphatic carbocycles. The first-order chi connectivity index (χ1) is 8.47. The van der Waals surface area contributed by atoms with Crippen LogP contribution in [-0.2, 0) is 9.53 Å². The molecule has 0 aliphatic rings. The molecule has 0 spiro atoms. The van der Waals surface area contributed by atoms with Gasteiger partial charge in [0.05, 0.1) is 6.61 Å². The third-order valence-corrected chi connectivity index (χ3v) is 2.71. The largest absolute Gasteiger partial charge is 0.464 e. The highest BCUT2D eigenvalue weighted by atomic mass is 35.5. The van der Waals surface area contributed by atoms with E-state index in [0.29, 0.717) is 17.6 Å². The lowest BCUT2D eigenvalue weighted by Gasteiger charge is -2.17. The van der Waals surface area contributed by atoms with E-state index >= 15 is 0 Å². The van der Waals surface area contributed by atoms with Crippen molar-refractivity contribution in [2.75, 3.05) is 11.9 Å². The minimum absolute atomic E-state index is 0.163. The monoisotopic (exact) mass is 271 g/mol. The molecule has 100 valence electrons. The minimum atomic E-state index is -0.478. The summed E-state index contributed by atoms with van der Waals surface area (Å²) in [5.74, 6) is 0.420. The van der Waals surface area contributed by atoms with Gasteiger partial charge in [-0.3, -0.25) is 0 Å². The van der Waals surface area contributed by atoms with Crippen LogP contribution in [0, 0.1) is 0 Å². The Labute approximate surface area is 112 Å². The molecule has 5 nitrogen and oxygen atoms in total. The van der Waals surface area contributed by atoms with Crippen molar-refractivity contribution in [1.82, 2.24) is 9.97 Å². The second-order valence-corrected chi connectivity index (χ2v) is 4.56. The van der Waals surface area contributed by atoms with Gasteiger partial charge in [-0.2, -0.15) is 0 Å². The van der Waals surface area contributed by atoms with Crippen molar-refractivity contribution in [2.24, 2.45) is 0 Å². The van der Waals surface area contributed by atoms with Crippen molar-refractivity contribution in [2.45, 2.75) is 39.7 Å². The Balaban J connectivity index is 2.90. The number of hydrogen-bond donors (Lipinski definition) is 1. The standard InChI is InChI=1S/C12H18ClN3O2/c1-5-18-12(17)8(4)16-11-9(7(2)3)10(13)14-6-15-11/h6-8H,5H2,1-4H3,(H,14,15,16). The fourth-order valence-electron chi connectivity index (χ4n) is 1.53. The van der Waals surface area contributed by atoms with Crippen LogP contribution in [0.1, 0.15) is 39.2 Å². The lowest BCUT2D eigenvalue weighted by molar-refractivity contribution is -0.143. The summed E-state index contributed by atoms with van der Waals surface area (Å²) in [6.45, 7) is 7.83. The lowest BCUT2D eigenvalue weighted by Crippen LogP contribution is -2.29. The van der Waals surface area contributed by atoms with Crippen molar-refractivity contribution in [3.8, 4) is 0 Å². The van der Waals surface area contributed by atoms with Gasteiger partial charge in [-0.1, -0.05) is 25.4 Å². The van der Waals surface area contributed by atoms with Crippen LogP contribution in [0.2, 0.25) is 5.15 Å². The first kappa shape index (κ1) is 14.7. The van der Waals surface area contributed by atoms with Gasteiger partial charge in [0.1, 0.15) is 23.3 Å². The summed E-state index contributed by atoms with van der Waals surface area (Å²) >= 11 is 6.04. The van der Waals surface area contributed by atoms with Crippen LogP contribution >= 0.6 is 11.6 Å². The molecule has 6 heteroatoms. The summed E-state index contributed by atoms with van der Waals surface area (Å²) in [5.41, 5.74) is 0.801. The minimum Gasteiger partial charge on any atom is -0.464 e. The van der Waals surface area contributed by atoms with Crippen molar-refractivity contribution in [1.29, 1.82) is 0 Å². The molecule has 0 saturated heterocycles. The number of carbonyl (C=O) groups is 1. The molecule has 0 bridgehead atoms. The molecule has 0 aromatic carbocycles. The Morgan fingerprint density at radius 2 is 2.11 bits per heavy atom. The predicted molar refractivity (Wildman–Crippen MR) is 70.8 cm³/mol. The summed E-state index contributed by atoms with van der Waals surface area (Å²) in [7, 11) is 0. The smallest absolute Gasteiger partial charge is 0.328 e. The molecule has 1 N–H and O–H groups in total. The molecule has 0 saturated carbocycles. The van der Waals surface area contributed by atoms with Gasteiger partial charge in [-0.25, -0.2) is 14.8 Å². The summed E-state index contributed by atoms with van der Waals surface area (Å²) in [6, 6.07) is -0.478. The maximum absolute atomic E-state index is 11.6. The highest BCUT2D eigenvalue weighted by molar-refractivity contribution is 6.30. The average molecular weight is 272 g/mol. The van der Waals surface area contributed by atoms with Gasteiger partial charge < -0.3 is 10.1 Å². The van der Waals surface area contributed by atoms with Crippen LogP contribution in [-0.4, -0.2) is 28.6 Å². The molecule has 0 radical (unpaired) electrons. The lowest BCUT2D eigenvalue weighted by atomic mass is 10.1. The predicted octanol–water partition coefficient (Wildman–Crippen LogP) is 2.62. The summed E-state index contributed by atoms with van der Waals surface area (Å²) in [6.07, 6.45) is 1.37. The highest BCUT2D eigenvalue weighted by Crippen LogP contribution is 2.28. The molecular formula is C12H18ClN3O2. The van der Waals surface area contributed by atoms with Gasteiger partial charge in [0.25, 0.3) is 0 Å². The molecule has 1 aromatic heterocycles. The molecule has 0 aliphatic heterocycles. The zero-order valence-corrected chi connectivity index (χ0v) is 11.8. The van der Waals surface area contributed by atoms with Crippen LogP contribution in [0.5, 0.6) is 0 Å². The van der Waals surface area contributed by atoms with Gasteiger partial charge in [-0.05, 0) is 19.8 Å². The van der Waals surface area contributed by atoms with Gasteiger partial charge in [0, 0.05) is 5.56 Å². The van der Waals surface area contributed by atoms with E-state index in [1.165, 1.54) is 6.33 Å². The number of ether oxygens (including phenoxy) is 1. The maximum Gasteiger partial charge on any atom is 0.328 e. The number of halogens is 1. The Morgan fingerprint density at radius 1 is 1.44 bits per heavy atom. The quantitative estimate of drug-likeness (QED) is 0.659. The van der Waals surface area contributed by atoms with Crippen LogP contribution in [0.25, 0.3) is 0 Å². The number of hydrogen-bond acceptors (Lipinski definition) is 5. The van der Waals surface area contributed by atoms with Gasteiger partial charge in [0.2, 0.25) is 0 Å². The highest BCUT2D eigenvalue weighted by Gasteiger charge is 2.19. The Hall–Kier alpha value is -1.36. The molecule has 1 unspecified atom stereocenters. The average Bonchev–Trinajstić information content (AvgIpc) is 2.28. The molecule has 1 rings (SSSR count). The molecule has 1 atom stereocenters. The summed E-state index contributed by atoms with van der Waals surface area (Å²) < 4.78 is 4.93. The number of carbonyl (C=O) groups excluding carboxylic acids is 1. The van der Waals surface area contributed by atoms with Crippen molar-refractivity contribution >= 4 is 23.4 Å².